The van der Waals surface area contributed by atoms with E-state index in [0.29, 0.717) is 6.54 Å². The van der Waals surface area contributed by atoms with Crippen LogP contribution in [0.25, 0.3) is 11.0 Å². The second-order valence-corrected chi connectivity index (χ2v) is 6.30. The van der Waals surface area contributed by atoms with Gasteiger partial charge in [0.15, 0.2) is 0 Å². The topological polar surface area (TPSA) is 57.5 Å². The number of rotatable bonds is 5. The van der Waals surface area contributed by atoms with Gasteiger partial charge in [-0.1, -0.05) is 30.3 Å². The second kappa shape index (κ2) is 7.30. The van der Waals surface area contributed by atoms with E-state index >= 15 is 0 Å². The van der Waals surface area contributed by atoms with Crippen LogP contribution in [0, 0.1) is 0 Å². The smallest absolute Gasteiger partial charge is 0.315 e. The summed E-state index contributed by atoms with van der Waals surface area (Å²) < 4.78 is 5.78. The molecule has 0 bridgehead atoms. The van der Waals surface area contributed by atoms with Gasteiger partial charge in [-0.15, -0.1) is 0 Å². The van der Waals surface area contributed by atoms with Gasteiger partial charge in [0.25, 0.3) is 0 Å². The van der Waals surface area contributed by atoms with Gasteiger partial charge < -0.3 is 20.0 Å². The van der Waals surface area contributed by atoms with Crippen molar-refractivity contribution in [2.75, 3.05) is 19.0 Å². The predicted molar refractivity (Wildman–Crippen MR) is 101 cm³/mol. The number of carbonyl (C=O) groups is 1. The van der Waals surface area contributed by atoms with Crippen molar-refractivity contribution < 1.29 is 9.21 Å². The highest BCUT2D eigenvalue weighted by atomic mass is 16.3. The van der Waals surface area contributed by atoms with Gasteiger partial charge in [-0.25, -0.2) is 4.79 Å². The Bertz CT molecular complexity index is 820. The Labute approximate surface area is 147 Å². The molecule has 1 atom stereocenters. The SMILES string of the molecule is CC(NC(=O)NCc1ccc(N(C)C)cc1)c1cc2ccccc2o1. The van der Waals surface area contributed by atoms with Crippen molar-refractivity contribution in [1.82, 2.24) is 10.6 Å². The first-order valence-electron chi connectivity index (χ1n) is 8.32. The molecule has 0 aliphatic heterocycles. The number of hydrogen-bond acceptors (Lipinski definition) is 3. The molecular formula is C20H23N3O2. The third-order valence-corrected chi connectivity index (χ3v) is 4.12. The Hall–Kier alpha value is -2.95. The van der Waals surface area contributed by atoms with Crippen LogP contribution in [0.3, 0.4) is 0 Å². The van der Waals surface area contributed by atoms with Crippen molar-refractivity contribution in [1.29, 1.82) is 0 Å². The van der Waals surface area contributed by atoms with E-state index in [-0.39, 0.29) is 12.1 Å². The number of furan rings is 1. The zero-order valence-electron chi connectivity index (χ0n) is 14.7. The first-order valence-corrected chi connectivity index (χ1v) is 8.32. The largest absolute Gasteiger partial charge is 0.459 e. The Morgan fingerprint density at radius 1 is 1.12 bits per heavy atom. The summed E-state index contributed by atoms with van der Waals surface area (Å²) in [6.07, 6.45) is 0. The van der Waals surface area contributed by atoms with Gasteiger partial charge in [0, 0.05) is 31.7 Å². The van der Waals surface area contributed by atoms with Gasteiger partial charge in [-0.05, 0) is 36.8 Å². The lowest BCUT2D eigenvalue weighted by atomic mass is 10.2. The fourth-order valence-electron chi connectivity index (χ4n) is 2.63. The molecule has 2 amide bonds. The number of anilines is 1. The predicted octanol–water partition coefficient (Wildman–Crippen LogP) is 4.06. The van der Waals surface area contributed by atoms with Crippen molar-refractivity contribution in [3.63, 3.8) is 0 Å². The Kier molecular flexibility index (Phi) is 4.93. The standard InChI is InChI=1S/C20H23N3O2/c1-14(19-12-16-6-4-5-7-18(16)25-19)22-20(24)21-13-15-8-10-17(11-9-15)23(2)3/h4-12,14H,13H2,1-3H3,(H2,21,22,24). The van der Waals surface area contributed by atoms with Gasteiger partial charge in [-0.2, -0.15) is 0 Å². The molecule has 0 aliphatic rings. The molecule has 0 saturated heterocycles. The Balaban J connectivity index is 1.54. The van der Waals surface area contributed by atoms with E-state index in [4.69, 9.17) is 4.42 Å². The average Bonchev–Trinajstić information content (AvgIpc) is 3.04. The third kappa shape index (κ3) is 4.12. The van der Waals surface area contributed by atoms with E-state index < -0.39 is 0 Å². The molecule has 0 fully saturated rings. The summed E-state index contributed by atoms with van der Waals surface area (Å²) >= 11 is 0. The molecule has 1 unspecified atom stereocenters. The third-order valence-electron chi connectivity index (χ3n) is 4.12. The summed E-state index contributed by atoms with van der Waals surface area (Å²) in [7, 11) is 4.00. The number of carbonyl (C=O) groups excluding carboxylic acids is 1. The van der Waals surface area contributed by atoms with Gasteiger partial charge >= 0.3 is 6.03 Å². The maximum Gasteiger partial charge on any atom is 0.315 e. The molecule has 5 heteroatoms. The van der Waals surface area contributed by atoms with Crippen molar-refractivity contribution in [3.8, 4) is 0 Å². The summed E-state index contributed by atoms with van der Waals surface area (Å²) in [5.74, 6) is 0.742. The van der Waals surface area contributed by atoms with Crippen LogP contribution in [-0.2, 0) is 6.54 Å². The molecule has 3 aromatic rings. The normalized spacial score (nSPS) is 12.0. The highest BCUT2D eigenvalue weighted by Gasteiger charge is 2.13. The number of nitrogens with one attached hydrogen (secondary N) is 2. The van der Waals surface area contributed by atoms with Crippen LogP contribution in [-0.4, -0.2) is 20.1 Å². The summed E-state index contributed by atoms with van der Waals surface area (Å²) in [5.41, 5.74) is 3.01. The van der Waals surface area contributed by atoms with Gasteiger partial charge in [0.2, 0.25) is 0 Å². The van der Waals surface area contributed by atoms with E-state index in [9.17, 15) is 4.79 Å². The molecule has 1 heterocycles. The molecule has 1 aromatic heterocycles. The van der Waals surface area contributed by atoms with Gasteiger partial charge in [0.1, 0.15) is 11.3 Å². The molecule has 2 N–H and O–H groups in total. The lowest BCUT2D eigenvalue weighted by Gasteiger charge is -2.14. The lowest BCUT2D eigenvalue weighted by molar-refractivity contribution is 0.236. The number of hydrogen-bond donors (Lipinski definition) is 2. The summed E-state index contributed by atoms with van der Waals surface area (Å²) in [4.78, 5) is 14.2. The molecule has 130 valence electrons. The van der Waals surface area contributed by atoms with Crippen LogP contribution in [0.4, 0.5) is 10.5 Å². The Morgan fingerprint density at radius 3 is 2.52 bits per heavy atom. The quantitative estimate of drug-likeness (QED) is 0.738. The van der Waals surface area contributed by atoms with Crippen molar-refractivity contribution >= 4 is 22.7 Å². The van der Waals surface area contributed by atoms with Gasteiger partial charge in [-0.3, -0.25) is 0 Å². The number of nitrogens with zero attached hydrogens (tertiary/aromatic N) is 1. The van der Waals surface area contributed by atoms with E-state index in [0.717, 1.165) is 28.0 Å². The number of amides is 2. The van der Waals surface area contributed by atoms with Crippen molar-refractivity contribution in [3.05, 3.63) is 65.9 Å². The van der Waals surface area contributed by atoms with E-state index in [2.05, 4.69) is 10.6 Å². The number of benzene rings is 2. The monoisotopic (exact) mass is 337 g/mol. The second-order valence-electron chi connectivity index (χ2n) is 6.30. The van der Waals surface area contributed by atoms with E-state index in [1.54, 1.807) is 0 Å². The number of urea groups is 1. The summed E-state index contributed by atoms with van der Waals surface area (Å²) in [5, 5.41) is 6.82. The van der Waals surface area contributed by atoms with E-state index in [1.165, 1.54) is 0 Å². The molecular weight excluding hydrogens is 314 g/mol. The first-order chi connectivity index (χ1) is 12.0. The fourth-order valence-corrected chi connectivity index (χ4v) is 2.63. The summed E-state index contributed by atoms with van der Waals surface area (Å²) in [6.45, 7) is 2.38. The Morgan fingerprint density at radius 2 is 1.84 bits per heavy atom. The minimum absolute atomic E-state index is 0.205. The average molecular weight is 337 g/mol. The molecule has 0 saturated carbocycles. The maximum atomic E-state index is 12.1. The zero-order chi connectivity index (χ0) is 17.8. The molecule has 0 radical (unpaired) electrons. The van der Waals surface area contributed by atoms with Crippen LogP contribution < -0.4 is 15.5 Å². The molecule has 3 rings (SSSR count). The van der Waals surface area contributed by atoms with Crippen molar-refractivity contribution in [2.45, 2.75) is 19.5 Å². The van der Waals surface area contributed by atoms with Crippen LogP contribution in [0.15, 0.2) is 59.0 Å². The van der Waals surface area contributed by atoms with Crippen LogP contribution in [0.2, 0.25) is 0 Å². The minimum Gasteiger partial charge on any atom is -0.459 e. The molecule has 5 nitrogen and oxygen atoms in total. The summed E-state index contributed by atoms with van der Waals surface area (Å²) in [6, 6.07) is 17.4. The fraction of sp³-hybridized carbons (Fsp3) is 0.250. The molecule has 0 aliphatic carbocycles. The van der Waals surface area contributed by atoms with Gasteiger partial charge in [0.05, 0.1) is 6.04 Å². The minimum atomic E-state index is -0.218. The highest BCUT2D eigenvalue weighted by Crippen LogP contribution is 2.23. The molecule has 2 aromatic carbocycles. The van der Waals surface area contributed by atoms with Crippen LogP contribution in [0.1, 0.15) is 24.3 Å². The number of fused-ring (bicyclic) bond motifs is 1. The van der Waals surface area contributed by atoms with Crippen LogP contribution >= 0.6 is 0 Å². The molecule has 0 spiro atoms. The van der Waals surface area contributed by atoms with E-state index in [1.807, 2.05) is 80.5 Å². The molecule has 25 heavy (non-hydrogen) atoms. The number of para-hydroxylation sites is 1. The lowest BCUT2D eigenvalue weighted by Crippen LogP contribution is -2.36. The first kappa shape index (κ1) is 16.9. The maximum absolute atomic E-state index is 12.1. The van der Waals surface area contributed by atoms with Crippen LogP contribution in [0.5, 0.6) is 0 Å². The zero-order valence-corrected chi connectivity index (χ0v) is 14.7. The highest BCUT2D eigenvalue weighted by molar-refractivity contribution is 5.78. The van der Waals surface area contributed by atoms with Crippen molar-refractivity contribution in [2.24, 2.45) is 0 Å².